The predicted molar refractivity (Wildman–Crippen MR) is 124 cm³/mol. The van der Waals surface area contributed by atoms with Crippen molar-refractivity contribution in [2.75, 3.05) is 30.5 Å². The monoisotopic (exact) mass is 459 g/mol. The summed E-state index contributed by atoms with van der Waals surface area (Å²) in [6.45, 7) is 7.97. The fourth-order valence-corrected chi connectivity index (χ4v) is 4.92. The summed E-state index contributed by atoms with van der Waals surface area (Å²) in [6.07, 6.45) is 0.691. The number of rotatable bonds is 6. The third-order valence-corrected chi connectivity index (χ3v) is 6.42. The van der Waals surface area contributed by atoms with Crippen molar-refractivity contribution in [1.29, 1.82) is 0 Å². The molecule has 0 fully saturated rings. The first kappa shape index (κ1) is 22.5. The van der Waals surface area contributed by atoms with Crippen LogP contribution in [0, 0.1) is 6.92 Å². The van der Waals surface area contributed by atoms with Crippen molar-refractivity contribution in [3.05, 3.63) is 34.3 Å². The number of amides is 2. The van der Waals surface area contributed by atoms with Gasteiger partial charge in [0.15, 0.2) is 10.7 Å². The van der Waals surface area contributed by atoms with Crippen molar-refractivity contribution in [3.63, 3.8) is 0 Å². The first-order valence-corrected chi connectivity index (χ1v) is 11.4. The number of carbonyl (C=O) groups is 1. The van der Waals surface area contributed by atoms with Crippen molar-refractivity contribution in [2.24, 2.45) is 0 Å². The predicted octanol–water partition coefficient (Wildman–Crippen LogP) is 3.62. The van der Waals surface area contributed by atoms with E-state index in [2.05, 4.69) is 27.4 Å². The Hall–Kier alpha value is -2.69. The van der Waals surface area contributed by atoms with Gasteiger partial charge in [-0.25, -0.2) is 9.78 Å². The van der Waals surface area contributed by atoms with Crippen molar-refractivity contribution in [2.45, 2.75) is 51.8 Å². The largest absolute Gasteiger partial charge is 0.423 e. The number of hydrogen-bond donors (Lipinski definition) is 3. The Morgan fingerprint density at radius 3 is 2.91 bits per heavy atom. The van der Waals surface area contributed by atoms with Crippen LogP contribution in [0.25, 0.3) is 11.1 Å². The molecule has 0 saturated heterocycles. The van der Waals surface area contributed by atoms with Crippen LogP contribution in [0.15, 0.2) is 22.6 Å². The number of methoxy groups -OCH3 is 1. The average Bonchev–Trinajstić information content (AvgIpc) is 3.29. The fourth-order valence-electron chi connectivity index (χ4n) is 3.84. The van der Waals surface area contributed by atoms with E-state index in [-0.39, 0.29) is 18.6 Å². The fraction of sp³-hybridized carbons (Fsp3) is 0.500. The number of benzene rings is 1. The molecule has 3 aromatic rings. The summed E-state index contributed by atoms with van der Waals surface area (Å²) in [7, 11) is 1.66. The zero-order valence-electron chi connectivity index (χ0n) is 18.9. The topological polar surface area (TPSA) is 113 Å². The smallest absolute Gasteiger partial charge is 0.321 e. The van der Waals surface area contributed by atoms with Gasteiger partial charge in [0.05, 0.1) is 28.8 Å². The van der Waals surface area contributed by atoms with E-state index in [0.717, 1.165) is 27.2 Å². The number of oxazole rings is 1. The number of nitrogens with one attached hydrogen (secondary N) is 2. The molecule has 0 aliphatic carbocycles. The maximum atomic E-state index is 12.2. The van der Waals surface area contributed by atoms with Crippen LogP contribution in [0.1, 0.15) is 42.9 Å². The van der Waals surface area contributed by atoms with Crippen LogP contribution in [0.5, 0.6) is 0 Å². The van der Waals surface area contributed by atoms with Crippen molar-refractivity contribution < 1.29 is 19.1 Å². The van der Waals surface area contributed by atoms with Crippen LogP contribution < -0.4 is 15.5 Å². The highest BCUT2D eigenvalue weighted by molar-refractivity contribution is 7.16. The number of aliphatic hydroxyl groups is 1. The second kappa shape index (κ2) is 8.68. The molecular weight excluding hydrogens is 430 g/mol. The number of thiazole rings is 1. The van der Waals surface area contributed by atoms with Crippen LogP contribution in [0.3, 0.4) is 0 Å². The zero-order valence-corrected chi connectivity index (χ0v) is 19.7. The summed E-state index contributed by atoms with van der Waals surface area (Å²) in [6, 6.07) is 6.04. The van der Waals surface area contributed by atoms with Gasteiger partial charge in [-0.3, -0.25) is 5.32 Å². The molecule has 1 aliphatic rings. The van der Waals surface area contributed by atoms with E-state index in [1.165, 1.54) is 11.3 Å². The molecule has 172 valence electrons. The minimum absolute atomic E-state index is 0.0794. The van der Waals surface area contributed by atoms with Gasteiger partial charge in [0.2, 0.25) is 0 Å². The van der Waals surface area contributed by atoms with E-state index in [1.807, 2.05) is 25.1 Å². The number of aromatic nitrogens is 2. The van der Waals surface area contributed by atoms with Gasteiger partial charge in [0.1, 0.15) is 5.52 Å². The lowest BCUT2D eigenvalue weighted by molar-refractivity contribution is 0.0826. The Morgan fingerprint density at radius 1 is 1.41 bits per heavy atom. The lowest BCUT2D eigenvalue weighted by Crippen LogP contribution is -2.43. The number of carbonyl (C=O) groups excluding carboxylic acids is 1. The molecule has 1 aromatic carbocycles. The van der Waals surface area contributed by atoms with Crippen molar-refractivity contribution in [1.82, 2.24) is 15.3 Å². The van der Waals surface area contributed by atoms with Crippen LogP contribution in [-0.4, -0.2) is 53.0 Å². The van der Waals surface area contributed by atoms with Gasteiger partial charge >= 0.3 is 6.03 Å². The Labute approximate surface area is 190 Å². The highest BCUT2D eigenvalue weighted by Crippen LogP contribution is 2.41. The van der Waals surface area contributed by atoms with Crippen molar-refractivity contribution in [3.8, 4) is 0 Å². The molecule has 2 aromatic heterocycles. The number of urea groups is 1. The number of anilines is 2. The van der Waals surface area contributed by atoms with Gasteiger partial charge < -0.3 is 24.5 Å². The summed E-state index contributed by atoms with van der Waals surface area (Å²) in [5.74, 6) is 0. The van der Waals surface area contributed by atoms with Gasteiger partial charge in [-0.05, 0) is 45.4 Å². The van der Waals surface area contributed by atoms with Gasteiger partial charge in [0.25, 0.3) is 6.01 Å². The molecule has 2 amide bonds. The first-order chi connectivity index (χ1) is 15.1. The molecule has 2 atom stereocenters. The van der Waals surface area contributed by atoms with Crippen molar-refractivity contribution >= 4 is 39.6 Å². The zero-order chi connectivity index (χ0) is 23.0. The number of fused-ring (bicyclic) bond motifs is 2. The maximum Gasteiger partial charge on any atom is 0.321 e. The molecule has 10 heteroatoms. The molecule has 1 aliphatic heterocycles. The SMILES string of the molecule is COC[C@H]1c2sc(NC(=O)NCC(C)(C)O)nc2C[C@@H](C)N1c1nc2cc(C)ccc2o1. The lowest BCUT2D eigenvalue weighted by atomic mass is 10.00. The van der Waals surface area contributed by atoms with Crippen LogP contribution in [0.4, 0.5) is 15.9 Å². The number of aryl methyl sites for hydroxylation is 1. The van der Waals surface area contributed by atoms with E-state index in [4.69, 9.17) is 14.1 Å². The molecule has 0 bridgehead atoms. The lowest BCUT2D eigenvalue weighted by Gasteiger charge is -2.38. The van der Waals surface area contributed by atoms with Gasteiger partial charge in [-0.1, -0.05) is 17.4 Å². The summed E-state index contributed by atoms with van der Waals surface area (Å²) < 4.78 is 11.6. The molecule has 32 heavy (non-hydrogen) atoms. The molecule has 9 nitrogen and oxygen atoms in total. The minimum Gasteiger partial charge on any atom is -0.423 e. The van der Waals surface area contributed by atoms with Crippen LogP contribution in [0.2, 0.25) is 0 Å². The van der Waals surface area contributed by atoms with E-state index >= 15 is 0 Å². The van der Waals surface area contributed by atoms with Gasteiger partial charge in [-0.2, -0.15) is 4.98 Å². The molecule has 3 heterocycles. The van der Waals surface area contributed by atoms with Gasteiger partial charge in [-0.15, -0.1) is 0 Å². The van der Waals surface area contributed by atoms with E-state index in [1.54, 1.807) is 21.0 Å². The summed E-state index contributed by atoms with van der Waals surface area (Å²) >= 11 is 1.42. The normalized spacial score (nSPS) is 18.6. The molecule has 3 N–H and O–H groups in total. The average molecular weight is 460 g/mol. The number of nitrogens with zero attached hydrogens (tertiary/aromatic N) is 3. The van der Waals surface area contributed by atoms with E-state index in [0.29, 0.717) is 24.2 Å². The molecular formula is C22H29N5O4S. The standard InChI is InChI=1S/C22H29N5O4S/c1-12-6-7-17-14(8-12)25-21(31-17)27-13(2)9-15-18(16(27)10-30-5)32-20(24-15)26-19(28)23-11-22(3,4)29/h6-8,13,16,29H,9-11H2,1-5H3,(H2,23,24,26,28)/t13-,16+/m1/s1. The minimum atomic E-state index is -0.989. The summed E-state index contributed by atoms with van der Waals surface area (Å²) in [5.41, 5.74) is 2.64. The highest BCUT2D eigenvalue weighted by Gasteiger charge is 2.38. The highest BCUT2D eigenvalue weighted by atomic mass is 32.1. The molecule has 0 radical (unpaired) electrons. The molecule has 0 spiro atoms. The first-order valence-electron chi connectivity index (χ1n) is 10.6. The van der Waals surface area contributed by atoms with Crippen LogP contribution in [-0.2, 0) is 11.2 Å². The third kappa shape index (κ3) is 4.72. The van der Waals surface area contributed by atoms with Crippen LogP contribution >= 0.6 is 11.3 Å². The Bertz CT molecular complexity index is 1120. The third-order valence-electron chi connectivity index (χ3n) is 5.31. The van der Waals surface area contributed by atoms with E-state index in [9.17, 15) is 9.90 Å². The van der Waals surface area contributed by atoms with E-state index < -0.39 is 11.6 Å². The number of ether oxygens (including phenoxy) is 1. The Balaban J connectivity index is 1.61. The van der Waals surface area contributed by atoms with Gasteiger partial charge in [0, 0.05) is 26.1 Å². The molecule has 0 saturated carbocycles. The maximum absolute atomic E-state index is 12.2. The molecule has 0 unspecified atom stereocenters. The quantitative estimate of drug-likeness (QED) is 0.516. The second-order valence-corrected chi connectivity index (χ2v) is 9.88. The Morgan fingerprint density at radius 2 is 2.19 bits per heavy atom. The number of hydrogen-bond acceptors (Lipinski definition) is 8. The second-order valence-electron chi connectivity index (χ2n) is 8.85. The molecule has 4 rings (SSSR count). The summed E-state index contributed by atoms with van der Waals surface area (Å²) in [5, 5.41) is 15.7. The summed E-state index contributed by atoms with van der Waals surface area (Å²) in [4.78, 5) is 24.8. The Kier molecular flexibility index (Phi) is 6.11.